The second-order valence-electron chi connectivity index (χ2n) is 5.12. The number of hydrogen-bond acceptors (Lipinski definition) is 4. The number of anilines is 1. The first kappa shape index (κ1) is 14.9. The highest BCUT2D eigenvalue weighted by molar-refractivity contribution is 6.33. The maximum Gasteiger partial charge on any atom is 0.417 e. The first-order valence-electron chi connectivity index (χ1n) is 6.65. The van der Waals surface area contributed by atoms with Gasteiger partial charge in [0.1, 0.15) is 5.82 Å². The van der Waals surface area contributed by atoms with Gasteiger partial charge in [-0.15, -0.1) is 0 Å². The van der Waals surface area contributed by atoms with Crippen LogP contribution in [0.25, 0.3) is 0 Å². The molecule has 0 bridgehead atoms. The molecule has 2 aliphatic heterocycles. The molecule has 1 aromatic rings. The van der Waals surface area contributed by atoms with Crippen molar-refractivity contribution in [1.82, 2.24) is 4.98 Å². The number of halogens is 4. The van der Waals surface area contributed by atoms with Crippen LogP contribution in [-0.4, -0.2) is 37.1 Å². The molecule has 0 unspecified atom stereocenters. The quantitative estimate of drug-likeness (QED) is 0.796. The molecule has 0 saturated carbocycles. The van der Waals surface area contributed by atoms with Gasteiger partial charge in [0, 0.05) is 32.1 Å². The van der Waals surface area contributed by atoms with Crippen molar-refractivity contribution in [2.75, 3.05) is 31.2 Å². The van der Waals surface area contributed by atoms with Gasteiger partial charge in [0.15, 0.2) is 5.79 Å². The number of rotatable bonds is 1. The number of piperidine rings is 1. The minimum absolute atomic E-state index is 0.00836. The molecule has 0 radical (unpaired) electrons. The summed E-state index contributed by atoms with van der Waals surface area (Å²) in [5.74, 6) is -0.160. The summed E-state index contributed by atoms with van der Waals surface area (Å²) in [7, 11) is 0. The summed E-state index contributed by atoms with van der Waals surface area (Å²) >= 11 is 5.95. The van der Waals surface area contributed by atoms with Gasteiger partial charge < -0.3 is 14.4 Å². The van der Waals surface area contributed by atoms with E-state index in [1.807, 2.05) is 4.90 Å². The molecule has 0 amide bonds. The van der Waals surface area contributed by atoms with E-state index in [-0.39, 0.29) is 5.02 Å². The number of ether oxygens (including phenoxy) is 2. The fourth-order valence-corrected chi connectivity index (χ4v) is 2.95. The molecule has 2 aliphatic rings. The highest BCUT2D eigenvalue weighted by Gasteiger charge is 2.40. The van der Waals surface area contributed by atoms with E-state index in [0.29, 0.717) is 45.0 Å². The van der Waals surface area contributed by atoms with Crippen molar-refractivity contribution in [3.8, 4) is 0 Å². The Bertz CT molecular complexity index is 523. The van der Waals surface area contributed by atoms with Crippen molar-refractivity contribution in [3.05, 3.63) is 22.8 Å². The van der Waals surface area contributed by atoms with Gasteiger partial charge in [-0.1, -0.05) is 11.6 Å². The third-order valence-corrected chi connectivity index (χ3v) is 4.07. The number of aromatic nitrogens is 1. The van der Waals surface area contributed by atoms with Gasteiger partial charge in [0.2, 0.25) is 0 Å². The monoisotopic (exact) mass is 322 g/mol. The van der Waals surface area contributed by atoms with Gasteiger partial charge in [-0.2, -0.15) is 13.2 Å². The molecule has 1 aromatic heterocycles. The number of nitrogens with zero attached hydrogens (tertiary/aromatic N) is 2. The van der Waals surface area contributed by atoms with E-state index in [9.17, 15) is 13.2 Å². The number of pyridine rings is 1. The molecule has 0 N–H and O–H groups in total. The Hall–Kier alpha value is -1.05. The zero-order valence-corrected chi connectivity index (χ0v) is 11.9. The molecule has 3 rings (SSSR count). The number of hydrogen-bond donors (Lipinski definition) is 0. The van der Waals surface area contributed by atoms with E-state index >= 15 is 0 Å². The van der Waals surface area contributed by atoms with E-state index in [2.05, 4.69) is 4.98 Å². The topological polar surface area (TPSA) is 34.6 Å². The molecule has 3 heterocycles. The Morgan fingerprint density at radius 3 is 2.33 bits per heavy atom. The predicted octanol–water partition coefficient (Wildman–Crippen LogP) is 3.10. The van der Waals surface area contributed by atoms with Gasteiger partial charge in [0.05, 0.1) is 23.8 Å². The Labute approximate surface area is 124 Å². The van der Waals surface area contributed by atoms with Gasteiger partial charge in [0.25, 0.3) is 0 Å². The summed E-state index contributed by atoms with van der Waals surface area (Å²) in [5, 5.41) is 0.00836. The highest BCUT2D eigenvalue weighted by atomic mass is 35.5. The lowest BCUT2D eigenvalue weighted by Gasteiger charge is -2.38. The van der Waals surface area contributed by atoms with Crippen LogP contribution in [0, 0.1) is 0 Å². The number of alkyl halides is 3. The largest absolute Gasteiger partial charge is 0.417 e. The minimum Gasteiger partial charge on any atom is -0.355 e. The second-order valence-corrected chi connectivity index (χ2v) is 5.53. The van der Waals surface area contributed by atoms with Crippen LogP contribution in [0.5, 0.6) is 0 Å². The Kier molecular flexibility index (Phi) is 3.75. The maximum absolute atomic E-state index is 12.6. The standard InChI is InChI=1S/C13H14ClF3N2O2/c14-10-7-9(13(15,16)17)8-18-11(10)19-3-1-12(2-4-19)20-5-6-21-12/h7-8H,1-6H2. The van der Waals surface area contributed by atoms with Crippen molar-refractivity contribution in [3.63, 3.8) is 0 Å². The lowest BCUT2D eigenvalue weighted by atomic mass is 10.0. The van der Waals surface area contributed by atoms with Gasteiger partial charge in [-0.25, -0.2) is 4.98 Å². The highest BCUT2D eigenvalue weighted by Crippen LogP contribution is 2.37. The van der Waals surface area contributed by atoms with E-state index < -0.39 is 17.5 Å². The summed E-state index contributed by atoms with van der Waals surface area (Å²) in [6, 6.07) is 0.914. The Morgan fingerprint density at radius 2 is 1.81 bits per heavy atom. The van der Waals surface area contributed by atoms with Crippen LogP contribution in [0.1, 0.15) is 18.4 Å². The molecular weight excluding hydrogens is 309 g/mol. The van der Waals surface area contributed by atoms with Crippen LogP contribution < -0.4 is 4.90 Å². The lowest BCUT2D eigenvalue weighted by molar-refractivity contribution is -0.169. The summed E-state index contributed by atoms with van der Waals surface area (Å²) < 4.78 is 49.0. The van der Waals surface area contributed by atoms with Crippen LogP contribution in [0.4, 0.5) is 19.0 Å². The van der Waals surface area contributed by atoms with Crippen LogP contribution in [-0.2, 0) is 15.7 Å². The zero-order valence-electron chi connectivity index (χ0n) is 11.1. The average Bonchev–Trinajstić information content (AvgIpc) is 2.87. The molecular formula is C13H14ClF3N2O2. The van der Waals surface area contributed by atoms with Crippen molar-refractivity contribution < 1.29 is 22.6 Å². The molecule has 0 atom stereocenters. The van der Waals surface area contributed by atoms with Crippen molar-refractivity contribution in [1.29, 1.82) is 0 Å². The predicted molar refractivity (Wildman–Crippen MR) is 70.3 cm³/mol. The van der Waals surface area contributed by atoms with Gasteiger partial charge in [-0.3, -0.25) is 0 Å². The SMILES string of the molecule is FC(F)(F)c1cnc(N2CCC3(CC2)OCCO3)c(Cl)c1. The minimum atomic E-state index is -4.44. The third kappa shape index (κ3) is 2.95. The summed E-state index contributed by atoms with van der Waals surface area (Å²) in [4.78, 5) is 5.74. The van der Waals surface area contributed by atoms with Crippen molar-refractivity contribution in [2.24, 2.45) is 0 Å². The van der Waals surface area contributed by atoms with Crippen molar-refractivity contribution >= 4 is 17.4 Å². The van der Waals surface area contributed by atoms with Crippen LogP contribution in [0.15, 0.2) is 12.3 Å². The van der Waals surface area contributed by atoms with E-state index in [1.54, 1.807) is 0 Å². The molecule has 0 aliphatic carbocycles. The van der Waals surface area contributed by atoms with Crippen LogP contribution in [0.2, 0.25) is 5.02 Å². The van der Waals surface area contributed by atoms with Crippen molar-refractivity contribution in [2.45, 2.75) is 24.8 Å². The summed E-state index contributed by atoms with van der Waals surface area (Å²) in [5.41, 5.74) is -0.841. The second kappa shape index (κ2) is 5.30. The summed E-state index contributed by atoms with van der Waals surface area (Å²) in [6.45, 7) is 2.33. The molecule has 4 nitrogen and oxygen atoms in total. The first-order chi connectivity index (χ1) is 9.90. The van der Waals surface area contributed by atoms with Gasteiger partial charge >= 0.3 is 6.18 Å². The molecule has 116 valence electrons. The summed E-state index contributed by atoms with van der Waals surface area (Å²) in [6.07, 6.45) is -2.33. The van der Waals surface area contributed by atoms with E-state index in [4.69, 9.17) is 21.1 Å². The van der Waals surface area contributed by atoms with E-state index in [1.165, 1.54) is 0 Å². The van der Waals surface area contributed by atoms with Crippen LogP contribution in [0.3, 0.4) is 0 Å². The normalized spacial score (nSPS) is 22.0. The fraction of sp³-hybridized carbons (Fsp3) is 0.615. The molecule has 0 aromatic carbocycles. The Balaban J connectivity index is 1.73. The first-order valence-corrected chi connectivity index (χ1v) is 7.03. The molecule has 2 fully saturated rings. The van der Waals surface area contributed by atoms with Gasteiger partial charge in [-0.05, 0) is 6.07 Å². The zero-order chi connectivity index (χ0) is 15.1. The van der Waals surface area contributed by atoms with E-state index in [0.717, 1.165) is 12.3 Å². The van der Waals surface area contributed by atoms with Crippen LogP contribution >= 0.6 is 11.6 Å². The molecule has 2 saturated heterocycles. The molecule has 21 heavy (non-hydrogen) atoms. The third-order valence-electron chi connectivity index (χ3n) is 3.79. The smallest absolute Gasteiger partial charge is 0.355 e. The molecule has 1 spiro atoms. The lowest BCUT2D eigenvalue weighted by Crippen LogP contribution is -2.45. The maximum atomic E-state index is 12.6. The fourth-order valence-electron chi connectivity index (χ4n) is 2.66. The molecule has 8 heteroatoms. The average molecular weight is 323 g/mol. The Morgan fingerprint density at radius 1 is 1.19 bits per heavy atom.